The van der Waals surface area contributed by atoms with Crippen molar-refractivity contribution in [3.63, 3.8) is 0 Å². The van der Waals surface area contributed by atoms with Gasteiger partial charge in [0, 0.05) is 6.92 Å². The summed E-state index contributed by atoms with van der Waals surface area (Å²) in [4.78, 5) is 4.25. The number of oxazole rings is 1. The van der Waals surface area contributed by atoms with Crippen LogP contribution >= 0.6 is 0 Å². The first-order valence-corrected chi connectivity index (χ1v) is 4.36. The van der Waals surface area contributed by atoms with Gasteiger partial charge in [-0.3, -0.25) is 0 Å². The maximum Gasteiger partial charge on any atom is 0.192 e. The van der Waals surface area contributed by atoms with Crippen LogP contribution in [-0.2, 0) is 6.42 Å². The molecule has 2 N–H and O–H groups in total. The fourth-order valence-electron chi connectivity index (χ4n) is 1.47. The zero-order chi connectivity index (χ0) is 9.26. The third-order valence-electron chi connectivity index (χ3n) is 2.02. The van der Waals surface area contributed by atoms with Gasteiger partial charge in [0.1, 0.15) is 5.52 Å². The van der Waals surface area contributed by atoms with E-state index in [9.17, 15) is 0 Å². The van der Waals surface area contributed by atoms with E-state index in [1.54, 1.807) is 0 Å². The molecule has 3 heteroatoms. The molecule has 0 amide bonds. The van der Waals surface area contributed by atoms with Crippen LogP contribution in [0.25, 0.3) is 11.1 Å². The predicted molar refractivity (Wildman–Crippen MR) is 51.5 cm³/mol. The van der Waals surface area contributed by atoms with Crippen LogP contribution in [0.3, 0.4) is 0 Å². The van der Waals surface area contributed by atoms with E-state index < -0.39 is 0 Å². The first-order chi connectivity index (χ1) is 6.31. The highest BCUT2D eigenvalue weighted by Crippen LogP contribution is 2.19. The van der Waals surface area contributed by atoms with Crippen molar-refractivity contribution in [3.8, 4) is 0 Å². The molecule has 0 fully saturated rings. The van der Waals surface area contributed by atoms with E-state index >= 15 is 0 Å². The minimum Gasteiger partial charge on any atom is -0.441 e. The second-order valence-electron chi connectivity index (χ2n) is 3.04. The van der Waals surface area contributed by atoms with Crippen molar-refractivity contribution in [2.45, 2.75) is 13.3 Å². The van der Waals surface area contributed by atoms with Gasteiger partial charge in [0.25, 0.3) is 0 Å². The van der Waals surface area contributed by atoms with Gasteiger partial charge < -0.3 is 10.2 Å². The highest BCUT2D eigenvalue weighted by Gasteiger charge is 2.05. The van der Waals surface area contributed by atoms with Crippen molar-refractivity contribution in [2.75, 3.05) is 6.54 Å². The van der Waals surface area contributed by atoms with Crippen LogP contribution in [0.2, 0.25) is 0 Å². The summed E-state index contributed by atoms with van der Waals surface area (Å²) in [6, 6.07) is 5.96. The smallest absolute Gasteiger partial charge is 0.192 e. The summed E-state index contributed by atoms with van der Waals surface area (Å²) >= 11 is 0. The van der Waals surface area contributed by atoms with Gasteiger partial charge in [-0.15, -0.1) is 0 Å². The number of rotatable bonds is 2. The summed E-state index contributed by atoms with van der Waals surface area (Å²) < 4.78 is 5.48. The lowest BCUT2D eigenvalue weighted by atomic mass is 10.1. The number of aromatic nitrogens is 1. The first kappa shape index (κ1) is 8.26. The molecule has 1 aromatic heterocycles. The Labute approximate surface area is 76.6 Å². The number of hydrogen-bond donors (Lipinski definition) is 1. The minimum atomic E-state index is 0.638. The number of nitrogens with zero attached hydrogens (tertiary/aromatic N) is 1. The fraction of sp³-hybridized carbons (Fsp3) is 0.300. The molecule has 13 heavy (non-hydrogen) atoms. The molecule has 0 bridgehead atoms. The maximum atomic E-state index is 5.50. The number of nitrogens with two attached hydrogens (primary N) is 1. The van der Waals surface area contributed by atoms with Crippen molar-refractivity contribution >= 4 is 11.1 Å². The molecule has 0 atom stereocenters. The summed E-state index contributed by atoms with van der Waals surface area (Å²) in [6.45, 7) is 2.49. The molecule has 0 aliphatic heterocycles. The lowest BCUT2D eigenvalue weighted by Gasteiger charge is -1.97. The van der Waals surface area contributed by atoms with Gasteiger partial charge in [0.15, 0.2) is 11.5 Å². The van der Waals surface area contributed by atoms with Crippen LogP contribution in [0.4, 0.5) is 0 Å². The second-order valence-corrected chi connectivity index (χ2v) is 3.04. The van der Waals surface area contributed by atoms with Crippen molar-refractivity contribution in [3.05, 3.63) is 29.7 Å². The first-order valence-electron chi connectivity index (χ1n) is 4.36. The van der Waals surface area contributed by atoms with Crippen LogP contribution in [-0.4, -0.2) is 11.5 Å². The molecule has 0 saturated heterocycles. The van der Waals surface area contributed by atoms with E-state index in [2.05, 4.69) is 4.98 Å². The van der Waals surface area contributed by atoms with E-state index in [0.29, 0.717) is 12.4 Å². The predicted octanol–water partition coefficient (Wildman–Crippen LogP) is 1.64. The van der Waals surface area contributed by atoms with E-state index in [1.807, 2.05) is 25.1 Å². The Morgan fingerprint density at radius 3 is 3.08 bits per heavy atom. The number of fused-ring (bicyclic) bond motifs is 1. The average Bonchev–Trinajstić information content (AvgIpc) is 2.47. The van der Waals surface area contributed by atoms with E-state index in [1.165, 1.54) is 0 Å². The van der Waals surface area contributed by atoms with Gasteiger partial charge in [0.2, 0.25) is 0 Å². The summed E-state index contributed by atoms with van der Waals surface area (Å²) in [5.74, 6) is 0.708. The second kappa shape index (κ2) is 3.18. The Morgan fingerprint density at radius 1 is 1.46 bits per heavy atom. The van der Waals surface area contributed by atoms with Crippen molar-refractivity contribution < 1.29 is 4.42 Å². The lowest BCUT2D eigenvalue weighted by Crippen LogP contribution is -2.02. The van der Waals surface area contributed by atoms with Crippen molar-refractivity contribution in [1.29, 1.82) is 0 Å². The summed E-state index contributed by atoms with van der Waals surface area (Å²) in [5.41, 5.74) is 8.44. The molecule has 3 nitrogen and oxygen atoms in total. The molecule has 68 valence electrons. The Hall–Kier alpha value is -1.35. The van der Waals surface area contributed by atoms with Gasteiger partial charge in [-0.2, -0.15) is 0 Å². The molecular weight excluding hydrogens is 164 g/mol. The molecule has 0 radical (unpaired) electrons. The number of benzene rings is 1. The molecule has 0 saturated carbocycles. The van der Waals surface area contributed by atoms with E-state index in [-0.39, 0.29) is 0 Å². The molecule has 0 aliphatic carbocycles. The topological polar surface area (TPSA) is 52.0 Å². The van der Waals surface area contributed by atoms with Crippen LogP contribution in [0.5, 0.6) is 0 Å². The minimum absolute atomic E-state index is 0.638. The normalized spacial score (nSPS) is 10.9. The Kier molecular flexibility index (Phi) is 2.02. The van der Waals surface area contributed by atoms with Gasteiger partial charge in [-0.1, -0.05) is 12.1 Å². The number of aryl methyl sites for hydroxylation is 1. The molecular formula is C10H12N2O. The third kappa shape index (κ3) is 1.42. The van der Waals surface area contributed by atoms with Crippen LogP contribution < -0.4 is 5.73 Å². The summed E-state index contributed by atoms with van der Waals surface area (Å²) in [6.07, 6.45) is 0.839. The largest absolute Gasteiger partial charge is 0.441 e. The monoisotopic (exact) mass is 176 g/mol. The zero-order valence-electron chi connectivity index (χ0n) is 7.58. The van der Waals surface area contributed by atoms with Crippen molar-refractivity contribution in [1.82, 2.24) is 4.98 Å². The highest BCUT2D eigenvalue weighted by molar-refractivity contribution is 5.76. The van der Waals surface area contributed by atoms with Crippen LogP contribution in [0.15, 0.2) is 22.6 Å². The highest BCUT2D eigenvalue weighted by atomic mass is 16.3. The lowest BCUT2D eigenvalue weighted by molar-refractivity contribution is 0.557. The Balaban J connectivity index is 2.60. The molecule has 0 spiro atoms. The van der Waals surface area contributed by atoms with Gasteiger partial charge in [0.05, 0.1) is 0 Å². The molecule has 2 rings (SSSR count). The molecule has 0 unspecified atom stereocenters. The molecule has 1 aromatic carbocycles. The fourth-order valence-corrected chi connectivity index (χ4v) is 1.47. The Morgan fingerprint density at radius 2 is 2.31 bits per heavy atom. The van der Waals surface area contributed by atoms with Gasteiger partial charge >= 0.3 is 0 Å². The van der Waals surface area contributed by atoms with Gasteiger partial charge in [-0.05, 0) is 24.6 Å². The zero-order valence-corrected chi connectivity index (χ0v) is 7.58. The van der Waals surface area contributed by atoms with E-state index in [4.69, 9.17) is 10.2 Å². The SMILES string of the molecule is Cc1nc2cccc(CCN)c2o1. The third-order valence-corrected chi connectivity index (χ3v) is 2.02. The van der Waals surface area contributed by atoms with Crippen molar-refractivity contribution in [2.24, 2.45) is 5.73 Å². The quantitative estimate of drug-likeness (QED) is 0.756. The van der Waals surface area contributed by atoms with Crippen LogP contribution in [0, 0.1) is 6.92 Å². The van der Waals surface area contributed by atoms with Gasteiger partial charge in [-0.25, -0.2) is 4.98 Å². The van der Waals surface area contributed by atoms with Crippen LogP contribution in [0.1, 0.15) is 11.5 Å². The maximum absolute atomic E-state index is 5.50. The molecule has 2 aromatic rings. The summed E-state index contributed by atoms with van der Waals surface area (Å²) in [5, 5.41) is 0. The number of hydrogen-bond acceptors (Lipinski definition) is 3. The summed E-state index contributed by atoms with van der Waals surface area (Å²) in [7, 11) is 0. The molecule has 0 aliphatic rings. The Bertz CT molecular complexity index is 420. The average molecular weight is 176 g/mol. The molecule has 1 heterocycles. The number of para-hydroxylation sites is 1. The van der Waals surface area contributed by atoms with E-state index in [0.717, 1.165) is 23.1 Å². The standard InChI is InChI=1S/C10H12N2O/c1-7-12-9-4-2-3-8(5-6-11)10(9)13-7/h2-4H,5-6,11H2,1H3.